The van der Waals surface area contributed by atoms with Gasteiger partial charge in [0.05, 0.1) is 15.9 Å². The summed E-state index contributed by atoms with van der Waals surface area (Å²) in [4.78, 5) is 17.3. The van der Waals surface area contributed by atoms with Crippen molar-refractivity contribution < 1.29 is 9.21 Å². The minimum Gasteiger partial charge on any atom is -0.457 e. The van der Waals surface area contributed by atoms with Gasteiger partial charge in [-0.05, 0) is 60.7 Å². The average Bonchev–Trinajstić information content (AvgIpc) is 3.45. The second-order valence-corrected chi connectivity index (χ2v) is 9.12. The Labute approximate surface area is 204 Å². The maximum Gasteiger partial charge on any atom is 0.248 e. The van der Waals surface area contributed by atoms with E-state index in [-0.39, 0.29) is 5.91 Å². The summed E-state index contributed by atoms with van der Waals surface area (Å²) in [5.41, 5.74) is 3.27. The molecule has 0 fully saturated rings. The van der Waals surface area contributed by atoms with Crippen LogP contribution in [0.25, 0.3) is 38.2 Å². The molecule has 0 spiro atoms. The smallest absolute Gasteiger partial charge is 0.248 e. The van der Waals surface area contributed by atoms with Gasteiger partial charge in [0.2, 0.25) is 5.91 Å². The lowest BCUT2D eigenvalue weighted by molar-refractivity contribution is -0.111. The minimum atomic E-state index is -0.271. The molecule has 1 amide bonds. The molecule has 0 saturated heterocycles. The molecule has 33 heavy (non-hydrogen) atoms. The number of nitrogens with one attached hydrogen (secondary N) is 1. The molecule has 5 aromatic rings. The van der Waals surface area contributed by atoms with Crippen molar-refractivity contribution in [3.8, 4) is 21.9 Å². The number of carbonyl (C=O) groups is 1. The molecule has 0 aliphatic carbocycles. The topological polar surface area (TPSA) is 55.1 Å². The molecule has 0 aliphatic heterocycles. The number of carbonyl (C=O) groups excluding carboxylic acids is 1. The van der Waals surface area contributed by atoms with Gasteiger partial charge >= 0.3 is 0 Å². The summed E-state index contributed by atoms with van der Waals surface area (Å²) in [5.74, 6) is 0.878. The van der Waals surface area contributed by atoms with Gasteiger partial charge in [-0.3, -0.25) is 4.79 Å². The highest BCUT2D eigenvalue weighted by Crippen LogP contribution is 2.34. The lowest BCUT2D eigenvalue weighted by atomic mass is 10.2. The first-order chi connectivity index (χ1) is 16.0. The summed E-state index contributed by atoms with van der Waals surface area (Å²) in [5, 5.41) is 4.85. The highest BCUT2D eigenvalue weighted by molar-refractivity contribution is 7.21. The lowest BCUT2D eigenvalue weighted by Gasteiger charge is -2.07. The summed E-state index contributed by atoms with van der Waals surface area (Å²) in [6, 6.07) is 24.4. The zero-order chi connectivity index (χ0) is 22.8. The van der Waals surface area contributed by atoms with Crippen LogP contribution in [0.5, 0.6) is 0 Å². The summed E-state index contributed by atoms with van der Waals surface area (Å²) >= 11 is 13.7. The van der Waals surface area contributed by atoms with E-state index in [4.69, 9.17) is 32.6 Å². The van der Waals surface area contributed by atoms with E-state index in [1.165, 1.54) is 6.08 Å². The van der Waals surface area contributed by atoms with E-state index in [0.717, 1.165) is 26.4 Å². The second-order valence-electron chi connectivity index (χ2n) is 7.22. The van der Waals surface area contributed by atoms with Crippen LogP contribution in [0.1, 0.15) is 5.76 Å². The van der Waals surface area contributed by atoms with Gasteiger partial charge in [0, 0.05) is 27.2 Å². The molecule has 0 aliphatic rings. The monoisotopic (exact) mass is 490 g/mol. The molecular formula is C26H16Cl2N2O2S. The predicted octanol–water partition coefficient (Wildman–Crippen LogP) is 8.18. The summed E-state index contributed by atoms with van der Waals surface area (Å²) < 4.78 is 6.91. The largest absolute Gasteiger partial charge is 0.457 e. The van der Waals surface area contributed by atoms with Crippen molar-refractivity contribution in [1.29, 1.82) is 0 Å². The van der Waals surface area contributed by atoms with Gasteiger partial charge in [-0.25, -0.2) is 4.98 Å². The van der Waals surface area contributed by atoms with Crippen LogP contribution in [0.4, 0.5) is 5.69 Å². The zero-order valence-corrected chi connectivity index (χ0v) is 19.4. The van der Waals surface area contributed by atoms with Crippen molar-refractivity contribution in [3.05, 3.63) is 101 Å². The maximum atomic E-state index is 12.6. The number of rotatable bonds is 5. The van der Waals surface area contributed by atoms with Crippen molar-refractivity contribution in [1.82, 2.24) is 4.98 Å². The van der Waals surface area contributed by atoms with E-state index in [9.17, 15) is 4.79 Å². The summed E-state index contributed by atoms with van der Waals surface area (Å²) in [6.45, 7) is 0. The molecular weight excluding hydrogens is 475 g/mol. The molecule has 0 radical (unpaired) electrons. The molecule has 0 atom stereocenters. The fraction of sp³-hybridized carbons (Fsp3) is 0. The number of halogens is 2. The predicted molar refractivity (Wildman–Crippen MR) is 137 cm³/mol. The van der Waals surface area contributed by atoms with E-state index in [2.05, 4.69) is 5.32 Å². The number of nitrogens with zero attached hydrogens (tertiary/aromatic N) is 1. The molecule has 1 N–H and O–H groups in total. The number of anilines is 1. The van der Waals surface area contributed by atoms with Crippen molar-refractivity contribution in [3.63, 3.8) is 0 Å². The Morgan fingerprint density at radius 2 is 1.70 bits per heavy atom. The number of para-hydroxylation sites is 2. The Bertz CT molecular complexity index is 1450. The first-order valence-electron chi connectivity index (χ1n) is 10.1. The Morgan fingerprint density at radius 1 is 0.939 bits per heavy atom. The zero-order valence-electron chi connectivity index (χ0n) is 17.1. The molecule has 4 nitrogen and oxygen atoms in total. The van der Waals surface area contributed by atoms with Gasteiger partial charge < -0.3 is 9.73 Å². The Kier molecular flexibility index (Phi) is 6.01. The molecule has 162 valence electrons. The molecule has 0 bridgehead atoms. The van der Waals surface area contributed by atoms with Crippen LogP contribution in [0, 0.1) is 0 Å². The average molecular weight is 491 g/mol. The lowest BCUT2D eigenvalue weighted by Crippen LogP contribution is -2.08. The van der Waals surface area contributed by atoms with Crippen LogP contribution >= 0.6 is 34.5 Å². The fourth-order valence-electron chi connectivity index (χ4n) is 3.39. The molecule has 2 aromatic heterocycles. The van der Waals surface area contributed by atoms with E-state index in [1.54, 1.807) is 41.7 Å². The number of furan rings is 1. The van der Waals surface area contributed by atoms with Gasteiger partial charge in [0.25, 0.3) is 0 Å². The van der Waals surface area contributed by atoms with E-state index >= 15 is 0 Å². The van der Waals surface area contributed by atoms with Crippen molar-refractivity contribution >= 4 is 62.4 Å². The number of hydrogen-bond acceptors (Lipinski definition) is 4. The van der Waals surface area contributed by atoms with Gasteiger partial charge in [-0.15, -0.1) is 11.3 Å². The molecule has 0 saturated carbocycles. The van der Waals surface area contributed by atoms with Crippen LogP contribution in [0.2, 0.25) is 10.0 Å². The normalized spacial score (nSPS) is 11.3. The quantitative estimate of drug-likeness (QED) is 0.252. The molecule has 7 heteroatoms. The first-order valence-corrected chi connectivity index (χ1v) is 11.6. The van der Waals surface area contributed by atoms with Crippen LogP contribution in [0.15, 0.2) is 89.4 Å². The van der Waals surface area contributed by atoms with Crippen molar-refractivity contribution in [2.24, 2.45) is 0 Å². The third-order valence-corrected chi connectivity index (χ3v) is 6.39. The third kappa shape index (κ3) is 4.86. The Morgan fingerprint density at radius 3 is 2.52 bits per heavy atom. The van der Waals surface area contributed by atoms with Crippen molar-refractivity contribution in [2.45, 2.75) is 0 Å². The van der Waals surface area contributed by atoms with E-state index < -0.39 is 0 Å². The number of fused-ring (bicyclic) bond motifs is 1. The van der Waals surface area contributed by atoms with Gasteiger partial charge in [0.1, 0.15) is 16.5 Å². The number of thiazole rings is 1. The van der Waals surface area contributed by atoms with Crippen LogP contribution in [-0.2, 0) is 4.79 Å². The van der Waals surface area contributed by atoms with Crippen LogP contribution < -0.4 is 5.32 Å². The molecule has 3 aromatic carbocycles. The molecule has 2 heterocycles. The van der Waals surface area contributed by atoms with Gasteiger partial charge in [-0.1, -0.05) is 47.5 Å². The summed E-state index contributed by atoms with van der Waals surface area (Å²) in [6.07, 6.45) is 3.05. The van der Waals surface area contributed by atoms with Crippen LogP contribution in [-0.4, -0.2) is 10.9 Å². The van der Waals surface area contributed by atoms with E-state index in [1.807, 2.05) is 54.6 Å². The van der Waals surface area contributed by atoms with Gasteiger partial charge in [0.15, 0.2) is 0 Å². The maximum absolute atomic E-state index is 12.6. The number of benzene rings is 3. The SMILES string of the molecule is O=C(/C=C/c1ccc(-c2cc(Cl)cc(Cl)c2)o1)Nc1ccccc1-c1nc2ccccc2s1. The van der Waals surface area contributed by atoms with Crippen molar-refractivity contribution in [2.75, 3.05) is 5.32 Å². The first kappa shape index (κ1) is 21.5. The van der Waals surface area contributed by atoms with Gasteiger partial charge in [-0.2, -0.15) is 0 Å². The fourth-order valence-corrected chi connectivity index (χ4v) is 4.92. The number of hydrogen-bond donors (Lipinski definition) is 1. The highest BCUT2D eigenvalue weighted by atomic mass is 35.5. The third-order valence-electron chi connectivity index (χ3n) is 4.88. The minimum absolute atomic E-state index is 0.271. The van der Waals surface area contributed by atoms with Crippen LogP contribution in [0.3, 0.4) is 0 Å². The standard InChI is InChI=1S/C26H16Cl2N2O2S/c27-17-13-16(14-18(28)15-17)23-11-9-19(32-23)10-12-25(31)29-21-6-2-1-5-20(21)26-30-22-7-3-4-8-24(22)33-26/h1-15H,(H,29,31)/b12-10+. The number of aromatic nitrogens is 1. The Hall–Kier alpha value is -3.38. The summed E-state index contributed by atoms with van der Waals surface area (Å²) in [7, 11) is 0. The Balaban J connectivity index is 1.33. The molecule has 0 unspecified atom stereocenters. The second kappa shape index (κ2) is 9.24. The van der Waals surface area contributed by atoms with E-state index in [0.29, 0.717) is 27.3 Å². The molecule has 5 rings (SSSR count). The number of amides is 1. The highest BCUT2D eigenvalue weighted by Gasteiger charge is 2.12.